The highest BCUT2D eigenvalue weighted by Gasteiger charge is 2.30. The maximum Gasteiger partial charge on any atom is 0.293 e. The number of rotatable bonds is 14. The molecular weight excluding hydrogens is 771 g/mol. The Morgan fingerprint density at radius 1 is 1.04 bits per heavy atom. The van der Waals surface area contributed by atoms with Crippen LogP contribution in [0.2, 0.25) is 15.1 Å². The molecule has 1 aliphatic heterocycles. The van der Waals surface area contributed by atoms with E-state index in [2.05, 4.69) is 27.1 Å². The van der Waals surface area contributed by atoms with E-state index in [-0.39, 0.29) is 18.6 Å². The van der Waals surface area contributed by atoms with Gasteiger partial charge in [-0.1, -0.05) is 83.3 Å². The molecular formula is C43H43Cl3N6O4. The Labute approximate surface area is 341 Å². The molecule has 3 heterocycles. The summed E-state index contributed by atoms with van der Waals surface area (Å²) in [6, 6.07) is 26.6. The van der Waals surface area contributed by atoms with Gasteiger partial charge in [0.15, 0.2) is 0 Å². The number of ether oxygens (including phenoxy) is 1. The molecule has 1 fully saturated rings. The molecule has 1 saturated heterocycles. The van der Waals surface area contributed by atoms with E-state index in [1.165, 1.54) is 0 Å². The van der Waals surface area contributed by atoms with Gasteiger partial charge >= 0.3 is 0 Å². The number of H-pyrrole nitrogens is 1. The first-order chi connectivity index (χ1) is 27.2. The van der Waals surface area contributed by atoms with Crippen molar-refractivity contribution in [3.8, 4) is 22.5 Å². The summed E-state index contributed by atoms with van der Waals surface area (Å²) in [4.78, 5) is 38.3. The smallest absolute Gasteiger partial charge is 0.293 e. The molecule has 56 heavy (non-hydrogen) atoms. The van der Waals surface area contributed by atoms with E-state index < -0.39 is 0 Å². The van der Waals surface area contributed by atoms with Gasteiger partial charge in [-0.2, -0.15) is 0 Å². The Morgan fingerprint density at radius 3 is 2.52 bits per heavy atom. The summed E-state index contributed by atoms with van der Waals surface area (Å²) in [7, 11) is 2.11. The monoisotopic (exact) mass is 812 g/mol. The van der Waals surface area contributed by atoms with Gasteiger partial charge in [-0.25, -0.2) is 4.98 Å². The van der Waals surface area contributed by atoms with Gasteiger partial charge in [-0.05, 0) is 80.8 Å². The quantitative estimate of drug-likeness (QED) is 0.0742. The highest BCUT2D eigenvalue weighted by molar-refractivity contribution is 6.35. The van der Waals surface area contributed by atoms with E-state index >= 15 is 0 Å². The van der Waals surface area contributed by atoms with Crippen LogP contribution < -0.4 is 10.2 Å². The zero-order valence-electron chi connectivity index (χ0n) is 31.1. The summed E-state index contributed by atoms with van der Waals surface area (Å²) in [5, 5.41) is 15.8. The molecule has 1 aliphatic rings. The third kappa shape index (κ3) is 8.31. The highest BCUT2D eigenvalue weighted by Crippen LogP contribution is 2.43. The average molecular weight is 814 g/mol. The average Bonchev–Trinajstić information content (AvgIpc) is 3.81. The number of amides is 1. The SMILES string of the molecule is CC(c1ccc(Cl)cc1Cl)n1cnc(-c2ccccc2)c1-c1c(C(=O)Nc2cc(CO)ccc2N2CCC(N(C)CCCOC=O)CC2)[nH]c2cc(Cl)ccc12. The Morgan fingerprint density at radius 2 is 1.79 bits per heavy atom. The fraction of sp³-hybridized carbons (Fsp3) is 0.279. The van der Waals surface area contributed by atoms with Crippen molar-refractivity contribution in [3.05, 3.63) is 123 Å². The standard InChI is InChI=1S/C43H43Cl3N6O4/c1-27(33-12-10-30(44)22-35(33)46)52-25-47-40(29-7-4-3-5-8-29)42(52)39-34-13-11-31(45)23-36(34)48-41(39)43(55)49-37-21-28(24-53)9-14-38(37)51-18-15-32(16-19-51)50(2)17-6-20-56-26-54/h3-5,7-14,21-23,25-27,32,48,53H,6,15-20,24H2,1-2H3,(H,49,55). The highest BCUT2D eigenvalue weighted by atomic mass is 35.5. The summed E-state index contributed by atoms with van der Waals surface area (Å²) < 4.78 is 6.91. The molecule has 1 amide bonds. The lowest BCUT2D eigenvalue weighted by Crippen LogP contribution is -2.44. The predicted molar refractivity (Wildman–Crippen MR) is 225 cm³/mol. The van der Waals surface area contributed by atoms with Crippen LogP contribution in [0.3, 0.4) is 0 Å². The second kappa shape index (κ2) is 17.5. The molecule has 0 spiro atoms. The minimum absolute atomic E-state index is 0.176. The lowest BCUT2D eigenvalue weighted by Gasteiger charge is -2.38. The molecule has 0 bridgehead atoms. The molecule has 0 aliphatic carbocycles. The first-order valence-electron chi connectivity index (χ1n) is 18.6. The zero-order chi connectivity index (χ0) is 39.3. The number of piperidine rings is 1. The predicted octanol–water partition coefficient (Wildman–Crippen LogP) is 9.48. The van der Waals surface area contributed by atoms with Gasteiger partial charge in [-0.15, -0.1) is 0 Å². The number of halogens is 3. The number of aromatic nitrogens is 3. The number of aromatic amines is 1. The van der Waals surface area contributed by atoms with Gasteiger partial charge in [0.1, 0.15) is 5.69 Å². The normalized spacial score (nSPS) is 14.0. The van der Waals surface area contributed by atoms with Crippen molar-refractivity contribution in [2.45, 2.75) is 44.9 Å². The summed E-state index contributed by atoms with van der Waals surface area (Å²) in [5.74, 6) is -0.361. The summed E-state index contributed by atoms with van der Waals surface area (Å²) in [6.07, 6.45) is 4.41. The maximum absolute atomic E-state index is 14.8. The van der Waals surface area contributed by atoms with Gasteiger partial charge in [0.25, 0.3) is 12.4 Å². The maximum atomic E-state index is 14.8. The fourth-order valence-corrected chi connectivity index (χ4v) is 8.44. The molecule has 7 rings (SSSR count). The Kier molecular flexibility index (Phi) is 12.3. The van der Waals surface area contributed by atoms with Crippen LogP contribution in [-0.2, 0) is 16.1 Å². The number of anilines is 2. The van der Waals surface area contributed by atoms with E-state index in [0.29, 0.717) is 67.9 Å². The van der Waals surface area contributed by atoms with E-state index in [1.54, 1.807) is 12.4 Å². The number of nitrogens with one attached hydrogen (secondary N) is 2. The van der Waals surface area contributed by atoms with E-state index in [1.807, 2.05) is 90.4 Å². The number of nitrogens with zero attached hydrogens (tertiary/aromatic N) is 4. The fourth-order valence-electron chi connectivity index (χ4n) is 7.70. The second-order valence-corrected chi connectivity index (χ2v) is 15.4. The van der Waals surface area contributed by atoms with Crippen LogP contribution in [0.15, 0.2) is 91.3 Å². The number of aliphatic hydroxyl groups is 1. The molecule has 0 radical (unpaired) electrons. The third-order valence-corrected chi connectivity index (χ3v) is 11.5. The molecule has 2 aromatic heterocycles. The second-order valence-electron chi connectivity index (χ2n) is 14.1. The van der Waals surface area contributed by atoms with Crippen molar-refractivity contribution in [1.82, 2.24) is 19.4 Å². The first-order valence-corrected chi connectivity index (χ1v) is 19.7. The molecule has 10 nitrogen and oxygen atoms in total. The van der Waals surface area contributed by atoms with Crippen molar-refractivity contribution in [1.29, 1.82) is 0 Å². The van der Waals surface area contributed by atoms with Gasteiger partial charge in [0.2, 0.25) is 0 Å². The summed E-state index contributed by atoms with van der Waals surface area (Å²) >= 11 is 19.6. The van der Waals surface area contributed by atoms with Crippen LogP contribution in [-0.4, -0.2) is 76.3 Å². The Hall–Kier alpha value is -4.84. The molecule has 6 aromatic rings. The van der Waals surface area contributed by atoms with Crippen molar-refractivity contribution in [2.75, 3.05) is 43.5 Å². The zero-order valence-corrected chi connectivity index (χ0v) is 33.4. The van der Waals surface area contributed by atoms with Crippen molar-refractivity contribution in [3.63, 3.8) is 0 Å². The minimum Gasteiger partial charge on any atom is -0.468 e. The van der Waals surface area contributed by atoms with E-state index in [9.17, 15) is 14.7 Å². The topological polar surface area (TPSA) is 116 Å². The largest absolute Gasteiger partial charge is 0.468 e. The van der Waals surface area contributed by atoms with Gasteiger partial charge in [0.05, 0.1) is 48.3 Å². The number of fused-ring (bicyclic) bond motifs is 1. The Bertz CT molecular complexity index is 2340. The molecule has 1 atom stereocenters. The molecule has 4 aromatic carbocycles. The van der Waals surface area contributed by atoms with Crippen LogP contribution in [0.1, 0.15) is 53.8 Å². The summed E-state index contributed by atoms with van der Waals surface area (Å²) in [5.41, 5.74) is 6.97. The van der Waals surface area contributed by atoms with Gasteiger partial charge in [0, 0.05) is 62.8 Å². The van der Waals surface area contributed by atoms with Crippen LogP contribution in [0, 0.1) is 0 Å². The molecule has 1 unspecified atom stereocenters. The minimum atomic E-state index is -0.361. The van der Waals surface area contributed by atoms with Crippen molar-refractivity contribution in [2.24, 2.45) is 0 Å². The first kappa shape index (κ1) is 39.4. The van der Waals surface area contributed by atoms with Crippen molar-refractivity contribution >= 4 is 69.5 Å². The number of aliphatic hydroxyl groups excluding tert-OH is 1. The number of carbonyl (C=O) groups is 2. The number of imidazole rings is 1. The molecule has 290 valence electrons. The molecule has 3 N–H and O–H groups in total. The van der Waals surface area contributed by atoms with E-state index in [4.69, 9.17) is 44.5 Å². The molecule has 13 heteroatoms. The van der Waals surface area contributed by atoms with E-state index in [0.717, 1.165) is 66.8 Å². The molecule has 0 saturated carbocycles. The van der Waals surface area contributed by atoms with Gasteiger partial charge < -0.3 is 34.5 Å². The number of hydrogen-bond acceptors (Lipinski definition) is 7. The third-order valence-electron chi connectivity index (χ3n) is 10.7. The van der Waals surface area contributed by atoms with Crippen LogP contribution >= 0.6 is 34.8 Å². The number of carbonyl (C=O) groups excluding carboxylic acids is 2. The Balaban J connectivity index is 1.28. The summed E-state index contributed by atoms with van der Waals surface area (Å²) in [6.45, 7) is 5.15. The van der Waals surface area contributed by atoms with Crippen LogP contribution in [0.25, 0.3) is 33.4 Å². The number of benzene rings is 4. The van der Waals surface area contributed by atoms with Gasteiger partial charge in [-0.3, -0.25) is 9.59 Å². The van der Waals surface area contributed by atoms with Crippen LogP contribution in [0.4, 0.5) is 11.4 Å². The van der Waals surface area contributed by atoms with Crippen molar-refractivity contribution < 1.29 is 19.4 Å². The van der Waals surface area contributed by atoms with Crippen LogP contribution in [0.5, 0.6) is 0 Å². The number of hydrogen-bond donors (Lipinski definition) is 3. The lowest BCUT2D eigenvalue weighted by atomic mass is 9.99. The lowest BCUT2D eigenvalue weighted by molar-refractivity contribution is -0.128.